The minimum Gasteiger partial charge on any atom is -0.376 e. The molecule has 0 radical (unpaired) electrons. The van der Waals surface area contributed by atoms with E-state index in [0.29, 0.717) is 13.1 Å². The van der Waals surface area contributed by atoms with Gasteiger partial charge in [-0.1, -0.05) is 18.2 Å². The molecule has 1 aromatic carbocycles. The molecule has 7 nitrogen and oxygen atoms in total. The van der Waals surface area contributed by atoms with E-state index in [1.165, 1.54) is 5.69 Å². The van der Waals surface area contributed by atoms with Gasteiger partial charge in [-0.15, -0.1) is 0 Å². The zero-order valence-corrected chi connectivity index (χ0v) is 17.4. The second-order valence-electron chi connectivity index (χ2n) is 7.97. The number of hydrogen-bond donors (Lipinski definition) is 1. The number of carbonyl (C=O) groups is 1. The Bertz CT molecular complexity index is 821. The number of para-hydroxylation sites is 1. The first-order chi connectivity index (χ1) is 14.1. The van der Waals surface area contributed by atoms with Gasteiger partial charge < -0.3 is 15.0 Å². The number of hydrogen-bond acceptors (Lipinski definition) is 5. The Morgan fingerprint density at radius 3 is 2.62 bits per heavy atom. The quantitative estimate of drug-likeness (QED) is 0.807. The van der Waals surface area contributed by atoms with Gasteiger partial charge in [-0.3, -0.25) is 9.69 Å². The molecule has 0 bridgehead atoms. The van der Waals surface area contributed by atoms with Crippen LogP contribution in [0.3, 0.4) is 0 Å². The molecule has 2 saturated heterocycles. The molecule has 3 heterocycles. The summed E-state index contributed by atoms with van der Waals surface area (Å²) < 4.78 is 7.59. The summed E-state index contributed by atoms with van der Waals surface area (Å²) in [6.45, 7) is 9.69. The van der Waals surface area contributed by atoms with Gasteiger partial charge in [0.05, 0.1) is 35.4 Å². The summed E-state index contributed by atoms with van der Waals surface area (Å²) in [6, 6.07) is 10.3. The molecule has 0 aliphatic carbocycles. The summed E-state index contributed by atoms with van der Waals surface area (Å²) in [7, 11) is 0. The monoisotopic (exact) mass is 397 g/mol. The Morgan fingerprint density at radius 2 is 1.93 bits per heavy atom. The molecular formula is C22H31N5O2. The number of benzene rings is 1. The third kappa shape index (κ3) is 4.62. The van der Waals surface area contributed by atoms with Crippen molar-refractivity contribution < 1.29 is 9.53 Å². The lowest BCUT2D eigenvalue weighted by Crippen LogP contribution is -2.50. The van der Waals surface area contributed by atoms with E-state index in [1.54, 1.807) is 0 Å². The minimum atomic E-state index is 0.0956. The molecule has 1 aromatic heterocycles. The maximum atomic E-state index is 12.3. The number of nitrogens with one attached hydrogen (secondary N) is 1. The number of aromatic nitrogens is 2. The number of rotatable bonds is 6. The molecule has 1 atom stereocenters. The summed E-state index contributed by atoms with van der Waals surface area (Å²) >= 11 is 0. The third-order valence-electron chi connectivity index (χ3n) is 5.86. The molecule has 1 N–H and O–H groups in total. The standard InChI is InChI=1S/C22H31N5O2/c1-17-22(18(2)27(24-17)19-7-4-3-5-8-19)26-12-10-25(11-13-26)16-21(28)23-15-20-9-6-14-29-20/h3-5,7-8,20H,6,9-16H2,1-2H3,(H,23,28). The Morgan fingerprint density at radius 1 is 1.17 bits per heavy atom. The molecular weight excluding hydrogens is 366 g/mol. The van der Waals surface area contributed by atoms with E-state index in [9.17, 15) is 4.79 Å². The van der Waals surface area contributed by atoms with E-state index in [0.717, 1.165) is 62.7 Å². The van der Waals surface area contributed by atoms with Crippen LogP contribution < -0.4 is 10.2 Å². The Hall–Kier alpha value is -2.38. The number of ether oxygens (including phenoxy) is 1. The van der Waals surface area contributed by atoms with Crippen molar-refractivity contribution in [2.24, 2.45) is 0 Å². The van der Waals surface area contributed by atoms with Crippen LogP contribution in [-0.2, 0) is 9.53 Å². The highest BCUT2D eigenvalue weighted by Crippen LogP contribution is 2.27. The summed E-state index contributed by atoms with van der Waals surface area (Å²) in [5.74, 6) is 0.0956. The first kappa shape index (κ1) is 19.9. The predicted molar refractivity (Wildman–Crippen MR) is 114 cm³/mol. The van der Waals surface area contributed by atoms with Gasteiger partial charge in [-0.05, 0) is 38.8 Å². The van der Waals surface area contributed by atoms with Crippen molar-refractivity contribution in [1.82, 2.24) is 20.0 Å². The molecule has 7 heteroatoms. The van der Waals surface area contributed by atoms with E-state index in [4.69, 9.17) is 9.84 Å². The summed E-state index contributed by atoms with van der Waals surface area (Å²) in [5.41, 5.74) is 4.52. The van der Waals surface area contributed by atoms with E-state index in [-0.39, 0.29) is 12.0 Å². The van der Waals surface area contributed by atoms with E-state index < -0.39 is 0 Å². The average Bonchev–Trinajstić information content (AvgIpc) is 3.36. The molecule has 29 heavy (non-hydrogen) atoms. The van der Waals surface area contributed by atoms with E-state index in [1.807, 2.05) is 22.9 Å². The zero-order valence-electron chi connectivity index (χ0n) is 17.4. The lowest BCUT2D eigenvalue weighted by molar-refractivity contribution is -0.122. The fraction of sp³-hybridized carbons (Fsp3) is 0.545. The van der Waals surface area contributed by atoms with Gasteiger partial charge in [0.2, 0.25) is 5.91 Å². The lowest BCUT2D eigenvalue weighted by atomic mass is 10.2. The molecule has 1 amide bonds. The van der Waals surface area contributed by atoms with Gasteiger partial charge in [0.1, 0.15) is 0 Å². The molecule has 0 saturated carbocycles. The number of anilines is 1. The van der Waals surface area contributed by atoms with Gasteiger partial charge in [0.25, 0.3) is 0 Å². The van der Waals surface area contributed by atoms with Crippen LogP contribution in [0, 0.1) is 13.8 Å². The Labute approximate surface area is 172 Å². The van der Waals surface area contributed by atoms with Crippen molar-refractivity contribution in [3.05, 3.63) is 41.7 Å². The van der Waals surface area contributed by atoms with Crippen LogP contribution in [-0.4, -0.2) is 72.6 Å². The molecule has 4 rings (SSSR count). The molecule has 1 unspecified atom stereocenters. The molecule has 2 aromatic rings. The van der Waals surface area contributed by atoms with Crippen molar-refractivity contribution >= 4 is 11.6 Å². The second-order valence-corrected chi connectivity index (χ2v) is 7.97. The molecule has 0 spiro atoms. The Balaban J connectivity index is 1.31. The fourth-order valence-electron chi connectivity index (χ4n) is 4.33. The normalized spacial score (nSPS) is 20.2. The number of piperazine rings is 1. The topological polar surface area (TPSA) is 62.6 Å². The SMILES string of the molecule is Cc1nn(-c2ccccc2)c(C)c1N1CCN(CC(=O)NCC2CCCO2)CC1. The predicted octanol–water partition coefficient (Wildman–Crippen LogP) is 1.91. The highest BCUT2D eigenvalue weighted by molar-refractivity contribution is 5.78. The van der Waals surface area contributed by atoms with Crippen LogP contribution in [0.1, 0.15) is 24.2 Å². The maximum Gasteiger partial charge on any atom is 0.234 e. The molecule has 156 valence electrons. The number of amides is 1. The van der Waals surface area contributed by atoms with Crippen LogP contribution in [0.25, 0.3) is 5.69 Å². The molecule has 2 aliphatic heterocycles. The Kier molecular flexibility index (Phi) is 6.16. The first-order valence-corrected chi connectivity index (χ1v) is 10.6. The van der Waals surface area contributed by atoms with E-state index in [2.05, 4.69) is 41.1 Å². The number of aryl methyl sites for hydroxylation is 1. The highest BCUT2D eigenvalue weighted by atomic mass is 16.5. The largest absolute Gasteiger partial charge is 0.376 e. The second kappa shape index (κ2) is 8.97. The molecule has 2 fully saturated rings. The van der Waals surface area contributed by atoms with Gasteiger partial charge in [0.15, 0.2) is 0 Å². The summed E-state index contributed by atoms with van der Waals surface area (Å²) in [6.07, 6.45) is 2.35. The van der Waals surface area contributed by atoms with Gasteiger partial charge in [0, 0.05) is 39.3 Å². The van der Waals surface area contributed by atoms with Crippen LogP contribution in [0.4, 0.5) is 5.69 Å². The molecule has 2 aliphatic rings. The van der Waals surface area contributed by atoms with Crippen LogP contribution in [0.15, 0.2) is 30.3 Å². The maximum absolute atomic E-state index is 12.3. The van der Waals surface area contributed by atoms with Gasteiger partial charge in [-0.2, -0.15) is 5.10 Å². The van der Waals surface area contributed by atoms with Crippen molar-refractivity contribution in [1.29, 1.82) is 0 Å². The highest BCUT2D eigenvalue weighted by Gasteiger charge is 2.24. The van der Waals surface area contributed by atoms with Gasteiger partial charge >= 0.3 is 0 Å². The number of nitrogens with zero attached hydrogens (tertiary/aromatic N) is 4. The van der Waals surface area contributed by atoms with Crippen molar-refractivity contribution in [2.45, 2.75) is 32.8 Å². The van der Waals surface area contributed by atoms with Crippen molar-refractivity contribution in [3.8, 4) is 5.69 Å². The summed E-state index contributed by atoms with van der Waals surface area (Å²) in [5, 5.41) is 7.79. The van der Waals surface area contributed by atoms with Gasteiger partial charge in [-0.25, -0.2) is 4.68 Å². The fourth-order valence-corrected chi connectivity index (χ4v) is 4.33. The van der Waals surface area contributed by atoms with Crippen LogP contribution in [0.5, 0.6) is 0 Å². The number of carbonyl (C=O) groups excluding carboxylic acids is 1. The van der Waals surface area contributed by atoms with Crippen LogP contribution in [0.2, 0.25) is 0 Å². The first-order valence-electron chi connectivity index (χ1n) is 10.6. The van der Waals surface area contributed by atoms with E-state index >= 15 is 0 Å². The van der Waals surface area contributed by atoms with Crippen molar-refractivity contribution in [3.63, 3.8) is 0 Å². The summed E-state index contributed by atoms with van der Waals surface area (Å²) in [4.78, 5) is 16.9. The third-order valence-corrected chi connectivity index (χ3v) is 5.86. The van der Waals surface area contributed by atoms with Crippen molar-refractivity contribution in [2.75, 3.05) is 50.8 Å². The van der Waals surface area contributed by atoms with Crippen LogP contribution >= 0.6 is 0 Å². The minimum absolute atomic E-state index is 0.0956. The average molecular weight is 398 g/mol. The smallest absolute Gasteiger partial charge is 0.234 e. The lowest BCUT2D eigenvalue weighted by Gasteiger charge is -2.35. The zero-order chi connectivity index (χ0) is 20.2.